The Bertz CT molecular complexity index is 351. The van der Waals surface area contributed by atoms with Gasteiger partial charge in [-0.15, -0.1) is 0 Å². The highest BCUT2D eigenvalue weighted by Crippen LogP contribution is 2.25. The Kier molecular flexibility index (Phi) is 5.26. The van der Waals surface area contributed by atoms with Crippen molar-refractivity contribution in [3.05, 3.63) is 0 Å². The quantitative estimate of drug-likeness (QED) is 0.804. The molecule has 5 nitrogen and oxygen atoms in total. The second-order valence-electron chi connectivity index (χ2n) is 6.13. The minimum Gasteiger partial charge on any atom is -0.480 e. The van der Waals surface area contributed by atoms with Gasteiger partial charge in [0.2, 0.25) is 0 Å². The maximum absolute atomic E-state index is 12.7. The fraction of sp³-hybridized carbons (Fsp3) is 0.867. The molecule has 2 saturated heterocycles. The van der Waals surface area contributed by atoms with Gasteiger partial charge in [-0.05, 0) is 31.6 Å². The van der Waals surface area contributed by atoms with Crippen LogP contribution in [0.3, 0.4) is 0 Å². The molecule has 0 radical (unpaired) electrons. The Hall–Kier alpha value is -1.26. The van der Waals surface area contributed by atoms with Gasteiger partial charge in [0, 0.05) is 19.6 Å². The molecule has 2 atom stereocenters. The van der Waals surface area contributed by atoms with Crippen LogP contribution in [0.4, 0.5) is 4.79 Å². The maximum Gasteiger partial charge on any atom is 0.326 e. The van der Waals surface area contributed by atoms with Crippen molar-refractivity contribution in [1.29, 1.82) is 0 Å². The second kappa shape index (κ2) is 6.95. The van der Waals surface area contributed by atoms with Gasteiger partial charge < -0.3 is 14.9 Å². The summed E-state index contributed by atoms with van der Waals surface area (Å²) in [4.78, 5) is 27.6. The van der Waals surface area contributed by atoms with E-state index in [1.165, 1.54) is 19.3 Å². The third-order valence-corrected chi connectivity index (χ3v) is 4.56. The standard InChI is InChI=1S/C15H26N2O3/c1-12-8-7-11-17(13(12)14(18)19)15(20)16-9-5-3-2-4-6-10-16/h12-13H,2-11H2,1H3,(H,18,19). The lowest BCUT2D eigenvalue weighted by atomic mass is 9.91. The molecule has 2 amide bonds. The molecule has 0 aromatic carbocycles. The first-order valence-corrected chi connectivity index (χ1v) is 7.89. The average molecular weight is 282 g/mol. The Morgan fingerprint density at radius 1 is 0.950 bits per heavy atom. The summed E-state index contributed by atoms with van der Waals surface area (Å²) < 4.78 is 0. The van der Waals surface area contributed by atoms with Gasteiger partial charge in [-0.3, -0.25) is 0 Å². The predicted molar refractivity (Wildman–Crippen MR) is 76.6 cm³/mol. The van der Waals surface area contributed by atoms with Crippen LogP contribution in [-0.4, -0.2) is 52.6 Å². The number of hydrogen-bond acceptors (Lipinski definition) is 2. The van der Waals surface area contributed by atoms with Gasteiger partial charge in [0.25, 0.3) is 0 Å². The Labute approximate surface area is 120 Å². The van der Waals surface area contributed by atoms with Crippen LogP contribution >= 0.6 is 0 Å². The largest absolute Gasteiger partial charge is 0.480 e. The van der Waals surface area contributed by atoms with E-state index in [9.17, 15) is 14.7 Å². The monoisotopic (exact) mass is 282 g/mol. The van der Waals surface area contributed by atoms with Crippen molar-refractivity contribution in [3.63, 3.8) is 0 Å². The minimum atomic E-state index is -0.863. The summed E-state index contributed by atoms with van der Waals surface area (Å²) in [5.74, 6) is -0.822. The number of urea groups is 1. The number of aliphatic carboxylic acids is 1. The van der Waals surface area contributed by atoms with Gasteiger partial charge in [-0.2, -0.15) is 0 Å². The Morgan fingerprint density at radius 2 is 1.55 bits per heavy atom. The van der Waals surface area contributed by atoms with Crippen molar-refractivity contribution in [1.82, 2.24) is 9.80 Å². The number of carboxylic acids is 1. The van der Waals surface area contributed by atoms with Gasteiger partial charge in [-0.25, -0.2) is 9.59 Å². The fourth-order valence-electron chi connectivity index (χ4n) is 3.40. The topological polar surface area (TPSA) is 60.9 Å². The lowest BCUT2D eigenvalue weighted by Gasteiger charge is -2.40. The third-order valence-electron chi connectivity index (χ3n) is 4.56. The van der Waals surface area contributed by atoms with Crippen LogP contribution in [0.5, 0.6) is 0 Å². The summed E-state index contributed by atoms with van der Waals surface area (Å²) in [5, 5.41) is 9.41. The smallest absolute Gasteiger partial charge is 0.326 e. The molecule has 0 bridgehead atoms. The molecule has 1 N–H and O–H groups in total. The molecule has 0 spiro atoms. The van der Waals surface area contributed by atoms with E-state index in [2.05, 4.69) is 0 Å². The molecule has 2 unspecified atom stereocenters. The predicted octanol–water partition coefficient (Wildman–Crippen LogP) is 2.56. The van der Waals surface area contributed by atoms with Crippen molar-refractivity contribution < 1.29 is 14.7 Å². The van der Waals surface area contributed by atoms with Gasteiger partial charge in [-0.1, -0.05) is 26.2 Å². The lowest BCUT2D eigenvalue weighted by molar-refractivity contribution is -0.145. The highest BCUT2D eigenvalue weighted by molar-refractivity contribution is 5.83. The summed E-state index contributed by atoms with van der Waals surface area (Å²) in [6.07, 6.45) is 7.45. The van der Waals surface area contributed by atoms with Gasteiger partial charge in [0.05, 0.1) is 0 Å². The van der Waals surface area contributed by atoms with E-state index in [4.69, 9.17) is 0 Å². The molecule has 0 aromatic rings. The number of carbonyl (C=O) groups is 2. The van der Waals surface area contributed by atoms with Gasteiger partial charge >= 0.3 is 12.0 Å². The molecule has 5 heteroatoms. The number of amides is 2. The highest BCUT2D eigenvalue weighted by atomic mass is 16.4. The molecule has 2 aliphatic rings. The van der Waals surface area contributed by atoms with Crippen LogP contribution in [0, 0.1) is 5.92 Å². The number of piperidine rings is 1. The van der Waals surface area contributed by atoms with Crippen molar-refractivity contribution in [2.24, 2.45) is 5.92 Å². The van der Waals surface area contributed by atoms with Crippen molar-refractivity contribution in [2.45, 2.75) is 57.9 Å². The van der Waals surface area contributed by atoms with Gasteiger partial charge in [0.15, 0.2) is 0 Å². The normalized spacial score (nSPS) is 28.6. The lowest BCUT2D eigenvalue weighted by Crippen LogP contribution is -2.56. The van der Waals surface area contributed by atoms with E-state index in [1.54, 1.807) is 4.90 Å². The van der Waals surface area contributed by atoms with Crippen molar-refractivity contribution in [2.75, 3.05) is 19.6 Å². The molecule has 2 fully saturated rings. The molecular formula is C15H26N2O3. The Balaban J connectivity index is 2.06. The first kappa shape index (κ1) is 15.1. The fourth-order valence-corrected chi connectivity index (χ4v) is 3.40. The van der Waals surface area contributed by atoms with E-state index in [1.807, 2.05) is 11.8 Å². The number of likely N-dealkylation sites (tertiary alicyclic amines) is 2. The number of hydrogen-bond donors (Lipinski definition) is 1. The van der Waals surface area contributed by atoms with Crippen LogP contribution in [0.25, 0.3) is 0 Å². The minimum absolute atomic E-state index is 0.0416. The second-order valence-corrected chi connectivity index (χ2v) is 6.13. The molecule has 0 aliphatic carbocycles. The molecule has 114 valence electrons. The van der Waals surface area contributed by atoms with E-state index < -0.39 is 12.0 Å². The molecule has 2 rings (SSSR count). The average Bonchev–Trinajstić information content (AvgIpc) is 2.36. The van der Waals surface area contributed by atoms with Crippen molar-refractivity contribution >= 4 is 12.0 Å². The first-order valence-electron chi connectivity index (χ1n) is 7.89. The number of nitrogens with zero attached hydrogens (tertiary/aromatic N) is 2. The summed E-state index contributed by atoms with van der Waals surface area (Å²) in [5.41, 5.74) is 0. The van der Waals surface area contributed by atoms with Crippen LogP contribution < -0.4 is 0 Å². The van der Waals surface area contributed by atoms with E-state index in [-0.39, 0.29) is 11.9 Å². The molecular weight excluding hydrogens is 256 g/mol. The highest BCUT2D eigenvalue weighted by Gasteiger charge is 2.38. The zero-order valence-electron chi connectivity index (χ0n) is 12.4. The Morgan fingerprint density at radius 3 is 2.15 bits per heavy atom. The van der Waals surface area contributed by atoms with Crippen LogP contribution in [-0.2, 0) is 4.79 Å². The van der Waals surface area contributed by atoms with E-state index in [0.29, 0.717) is 6.54 Å². The summed E-state index contributed by atoms with van der Waals surface area (Å²) >= 11 is 0. The number of carboxylic acid groups (broad SMARTS) is 1. The SMILES string of the molecule is CC1CCCN(C(=O)N2CCCCCCC2)C1C(=O)O. The van der Waals surface area contributed by atoms with Crippen LogP contribution in [0.2, 0.25) is 0 Å². The van der Waals surface area contributed by atoms with E-state index >= 15 is 0 Å². The molecule has 20 heavy (non-hydrogen) atoms. The summed E-state index contributed by atoms with van der Waals surface area (Å²) in [7, 11) is 0. The van der Waals surface area contributed by atoms with Crippen molar-refractivity contribution in [3.8, 4) is 0 Å². The zero-order chi connectivity index (χ0) is 14.5. The molecule has 0 saturated carbocycles. The molecule has 2 heterocycles. The van der Waals surface area contributed by atoms with Crippen LogP contribution in [0.1, 0.15) is 51.9 Å². The first-order chi connectivity index (χ1) is 9.61. The zero-order valence-corrected chi connectivity index (χ0v) is 12.4. The summed E-state index contributed by atoms with van der Waals surface area (Å²) in [6.45, 7) is 4.06. The molecule has 0 aromatic heterocycles. The third kappa shape index (κ3) is 3.44. The summed E-state index contributed by atoms with van der Waals surface area (Å²) in [6, 6.07) is -0.715. The number of carbonyl (C=O) groups excluding carboxylic acids is 1. The molecule has 2 aliphatic heterocycles. The number of rotatable bonds is 1. The van der Waals surface area contributed by atoms with Gasteiger partial charge in [0.1, 0.15) is 6.04 Å². The van der Waals surface area contributed by atoms with Crippen LogP contribution in [0.15, 0.2) is 0 Å². The van der Waals surface area contributed by atoms with E-state index in [0.717, 1.165) is 38.8 Å². The maximum atomic E-state index is 12.7.